The third-order valence-corrected chi connectivity index (χ3v) is 19.6. The van der Waals surface area contributed by atoms with Crippen molar-refractivity contribution in [2.45, 2.75) is 55.5 Å². The first-order chi connectivity index (χ1) is 44.4. The maximum absolute atomic E-state index is 7.80. The van der Waals surface area contributed by atoms with Crippen molar-refractivity contribution in [1.82, 2.24) is 0 Å². The van der Waals surface area contributed by atoms with Crippen molar-refractivity contribution in [2.75, 3.05) is 28.4 Å². The number of hydrogen-bond acceptors (Lipinski definition) is 10. The molecule has 91 heavy (non-hydrogen) atoms. The van der Waals surface area contributed by atoms with Gasteiger partial charge in [0.1, 0.15) is 23.0 Å². The summed E-state index contributed by atoms with van der Waals surface area (Å²) in [5.74, 6) is 2.90. The Balaban J connectivity index is 1.01. The van der Waals surface area contributed by atoms with Crippen molar-refractivity contribution < 1.29 is 46.1 Å². The van der Waals surface area contributed by atoms with Crippen LogP contribution in [0.1, 0.15) is 76.4 Å². The Labute approximate surface area is 535 Å². The molecule has 0 radical (unpaired) electrons. The lowest BCUT2D eigenvalue weighted by Crippen LogP contribution is -2.48. The topological polar surface area (TPSA) is 92.3 Å². The fraction of sp³-hybridized carbons (Fsp3) is 0.165. The lowest BCUT2D eigenvalue weighted by Gasteiger charge is -2.43. The average molecular weight is 1240 g/mol. The zero-order valence-electron chi connectivity index (χ0n) is 52.0. The van der Waals surface area contributed by atoms with Crippen LogP contribution >= 0.6 is 17.2 Å². The van der Waals surface area contributed by atoms with Crippen molar-refractivity contribution in [2.24, 2.45) is 0 Å². The second-order valence-electron chi connectivity index (χ2n) is 23.5. The average Bonchev–Trinajstić information content (AvgIpc) is 1.60. The van der Waals surface area contributed by atoms with Crippen molar-refractivity contribution in [3.8, 4) is 56.8 Å². The lowest BCUT2D eigenvalue weighted by molar-refractivity contribution is 0.00370. The summed E-state index contributed by atoms with van der Waals surface area (Å²) in [6.07, 6.45) is 0. The van der Waals surface area contributed by atoms with Crippen LogP contribution in [0.4, 0.5) is 0 Å². The molecule has 11 aromatic rings. The van der Waals surface area contributed by atoms with E-state index in [1.807, 2.05) is 183 Å². The highest BCUT2D eigenvalue weighted by molar-refractivity contribution is 7.42. The van der Waals surface area contributed by atoms with E-state index in [4.69, 9.17) is 46.1 Å². The van der Waals surface area contributed by atoms with Crippen LogP contribution in [0.25, 0.3) is 22.3 Å². The van der Waals surface area contributed by atoms with Crippen LogP contribution < -0.4 is 28.0 Å². The SMILES string of the molecule is COc1cc(-c2cc(-c3cc(C)cc(OC)c3OP3OC(c4ccccc4)(c4ccccc4)C(c4ccccc4)(c4ccccc4)O3)c(OC)cc2OC)c(OP2OC(c3ccccc3)(c3ccccc3)C(c3ccccc3)(c3ccccc3)O2)c(C(C)(C)C)c1. The predicted molar refractivity (Wildman–Crippen MR) is 361 cm³/mol. The van der Waals surface area contributed by atoms with Gasteiger partial charge in [0.2, 0.25) is 0 Å². The van der Waals surface area contributed by atoms with Gasteiger partial charge >= 0.3 is 17.2 Å². The molecule has 10 nitrogen and oxygen atoms in total. The number of hydrogen-bond donors (Lipinski definition) is 0. The minimum atomic E-state index is -2.33. The van der Waals surface area contributed by atoms with Crippen LogP contribution in [0.3, 0.4) is 0 Å². The van der Waals surface area contributed by atoms with Crippen LogP contribution in [-0.4, -0.2) is 28.4 Å². The number of methoxy groups -OCH3 is 4. The number of benzene rings is 11. The van der Waals surface area contributed by atoms with Gasteiger partial charge in [0.05, 0.1) is 28.4 Å². The normalized spacial score (nSPS) is 15.8. The smallest absolute Gasteiger partial charge is 0.400 e. The molecule has 2 heterocycles. The van der Waals surface area contributed by atoms with Crippen molar-refractivity contribution in [3.63, 3.8) is 0 Å². The molecule has 0 aliphatic carbocycles. The molecule has 0 unspecified atom stereocenters. The fourth-order valence-corrected chi connectivity index (χ4v) is 16.3. The molecule has 13 rings (SSSR count). The Hall–Kier alpha value is -9.08. The summed E-state index contributed by atoms with van der Waals surface area (Å²) in [6.45, 7) is 8.49. The highest BCUT2D eigenvalue weighted by atomic mass is 31.2. The first-order valence-corrected chi connectivity index (χ1v) is 32.5. The molecule has 2 saturated heterocycles. The molecule has 0 bridgehead atoms. The highest BCUT2D eigenvalue weighted by Crippen LogP contribution is 2.73. The molecule has 0 aromatic heterocycles. The number of rotatable bonds is 18. The van der Waals surface area contributed by atoms with Gasteiger partial charge in [-0.3, -0.25) is 18.1 Å². The standard InChI is InChI=1S/C79H70O10P2/c1-55-49-67(74(72(50-55)83-8)85-91-88-78(60-41-25-13-26-42-60,61-43-27-14-28-44-61)79(89-91,62-45-29-15-30-46-62)63-47-31-16-32-48-63)65-53-66(71(82-7)54-70(65)81-6)68-51-64(80-5)52-69(75(2,3)4)73(68)84-90-86-76(56-33-17-9-18-34-56,57-35-19-10-20-36-57)77(87-90,58-37-21-11-22-38-58)59-39-23-12-24-40-59/h9-54H,1-8H3. The molecular weight excluding hydrogens is 1170 g/mol. The van der Waals surface area contributed by atoms with E-state index >= 15 is 0 Å². The van der Waals surface area contributed by atoms with E-state index in [-0.39, 0.29) is 0 Å². The van der Waals surface area contributed by atoms with Crippen molar-refractivity contribution >= 4 is 17.2 Å². The summed E-state index contributed by atoms with van der Waals surface area (Å²) >= 11 is 0. The minimum Gasteiger partial charge on any atom is -0.497 e. The van der Waals surface area contributed by atoms with Crippen molar-refractivity contribution in [1.29, 1.82) is 0 Å². The zero-order chi connectivity index (χ0) is 62.8. The molecule has 456 valence electrons. The Morgan fingerprint density at radius 1 is 0.297 bits per heavy atom. The Kier molecular flexibility index (Phi) is 16.9. The molecule has 0 amide bonds. The van der Waals surface area contributed by atoms with E-state index in [1.54, 1.807) is 28.4 Å². The molecule has 0 spiro atoms. The molecule has 12 heteroatoms. The molecule has 2 aliphatic rings. The molecule has 0 atom stereocenters. The first-order valence-electron chi connectivity index (χ1n) is 30.3. The summed E-state index contributed by atoms with van der Waals surface area (Å²) < 4.78 is 71.6. The van der Waals surface area contributed by atoms with Gasteiger partial charge in [0.25, 0.3) is 0 Å². The third kappa shape index (κ3) is 10.5. The highest BCUT2D eigenvalue weighted by Gasteiger charge is 2.68. The van der Waals surface area contributed by atoms with Gasteiger partial charge < -0.3 is 28.0 Å². The van der Waals surface area contributed by atoms with E-state index < -0.39 is 45.0 Å². The zero-order valence-corrected chi connectivity index (χ0v) is 53.8. The summed E-state index contributed by atoms with van der Waals surface area (Å²) in [5.41, 5.74) is 5.54. The molecule has 11 aromatic carbocycles. The second kappa shape index (κ2) is 25.3. The van der Waals surface area contributed by atoms with Gasteiger partial charge in [-0.1, -0.05) is 263 Å². The van der Waals surface area contributed by atoms with Crippen LogP contribution in [0.15, 0.2) is 279 Å². The van der Waals surface area contributed by atoms with Gasteiger partial charge in [-0.25, -0.2) is 0 Å². The van der Waals surface area contributed by atoms with E-state index in [1.165, 1.54) is 0 Å². The van der Waals surface area contributed by atoms with Crippen LogP contribution in [-0.2, 0) is 45.9 Å². The van der Waals surface area contributed by atoms with E-state index in [0.717, 1.165) is 55.6 Å². The second-order valence-corrected chi connectivity index (χ2v) is 25.5. The van der Waals surface area contributed by atoms with E-state index in [9.17, 15) is 0 Å². The quantitative estimate of drug-likeness (QED) is 0.0774. The van der Waals surface area contributed by atoms with Gasteiger partial charge in [0, 0.05) is 33.9 Å². The molecule has 2 fully saturated rings. The molecule has 0 saturated carbocycles. The predicted octanol–water partition coefficient (Wildman–Crippen LogP) is 19.7. The summed E-state index contributed by atoms with van der Waals surface area (Å²) in [7, 11) is 1.95. The molecular formula is C79H70O10P2. The lowest BCUT2D eigenvalue weighted by atomic mass is 9.66. The van der Waals surface area contributed by atoms with Crippen LogP contribution in [0, 0.1) is 6.92 Å². The van der Waals surface area contributed by atoms with Crippen molar-refractivity contribution in [3.05, 3.63) is 335 Å². The number of ether oxygens (including phenoxy) is 4. The maximum atomic E-state index is 7.80. The van der Waals surface area contributed by atoms with E-state index in [2.05, 4.69) is 124 Å². The van der Waals surface area contributed by atoms with Crippen LogP contribution in [0.2, 0.25) is 0 Å². The van der Waals surface area contributed by atoms with Gasteiger partial charge in [-0.15, -0.1) is 0 Å². The Morgan fingerprint density at radius 3 is 0.857 bits per heavy atom. The Bertz CT molecular complexity index is 3950. The van der Waals surface area contributed by atoms with Gasteiger partial charge in [-0.2, -0.15) is 0 Å². The first kappa shape index (κ1) is 60.8. The maximum Gasteiger partial charge on any atom is 0.400 e. The third-order valence-electron chi connectivity index (χ3n) is 17.2. The summed E-state index contributed by atoms with van der Waals surface area (Å²) in [4.78, 5) is 0. The Morgan fingerprint density at radius 2 is 0.582 bits per heavy atom. The molecule has 2 aliphatic heterocycles. The largest absolute Gasteiger partial charge is 0.497 e. The fourth-order valence-electron chi connectivity index (χ4n) is 13.1. The van der Waals surface area contributed by atoms with Gasteiger partial charge in [0.15, 0.2) is 33.9 Å². The monoisotopic (exact) mass is 1240 g/mol. The molecule has 0 N–H and O–H groups in total. The van der Waals surface area contributed by atoms with Crippen LogP contribution in [0.5, 0.6) is 34.5 Å². The summed E-state index contributed by atoms with van der Waals surface area (Å²) in [5, 5.41) is 0. The van der Waals surface area contributed by atoms with E-state index in [0.29, 0.717) is 56.8 Å². The summed E-state index contributed by atoms with van der Waals surface area (Å²) in [6, 6.07) is 94.3. The minimum absolute atomic E-state index is 0.366. The number of aryl methyl sites for hydroxylation is 1. The van der Waals surface area contributed by atoms with Gasteiger partial charge in [-0.05, 0) is 92.7 Å².